The molecule has 4 fully saturated rings. The molecular weight excluding hydrogens is 708 g/mol. The fraction of sp³-hybridized carbons (Fsp3) is 0.429. The number of pyridine rings is 1. The minimum absolute atomic E-state index is 0.0636. The average Bonchev–Trinajstić information content (AvgIpc) is 3.69. The molecule has 4 aliphatic heterocycles. The Labute approximate surface area is 289 Å². The van der Waals surface area contributed by atoms with Gasteiger partial charge in [0, 0.05) is 54.7 Å². The Morgan fingerprint density at radius 3 is 2.69 bits per heavy atom. The number of piperazine rings is 1. The van der Waals surface area contributed by atoms with Gasteiger partial charge in [0.05, 0.1) is 25.7 Å². The number of fused-ring (bicyclic) bond motifs is 3. The van der Waals surface area contributed by atoms with Gasteiger partial charge in [-0.1, -0.05) is 46.3 Å². The van der Waals surface area contributed by atoms with Crippen molar-refractivity contribution in [3.8, 4) is 17.3 Å². The zero-order valence-corrected chi connectivity index (χ0v) is 28.4. The zero-order valence-electron chi connectivity index (χ0n) is 26.8. The number of nitrogens with zero attached hydrogens (tertiary/aromatic N) is 6. The third kappa shape index (κ3) is 6.23. The number of methoxy groups -OCH3 is 1. The third-order valence-corrected chi connectivity index (χ3v) is 10.2. The van der Waals surface area contributed by atoms with E-state index in [4.69, 9.17) is 9.47 Å². The SMILES string of the molecule is COc1nc(N2CCN(C(=O)/C=C/CBr)C3(COC3)C2)c2cnc(-c3cccc4ccc(F)c(F)c34)c(F)c2n1.FC1CC2CCCN2C1. The molecule has 14 heteroatoms. The lowest BCUT2D eigenvalue weighted by molar-refractivity contribution is -0.164. The summed E-state index contributed by atoms with van der Waals surface area (Å²) in [5.41, 5.74) is -0.708. The quantitative estimate of drug-likeness (QED) is 0.144. The van der Waals surface area contributed by atoms with Crippen molar-refractivity contribution in [3.05, 3.63) is 66.1 Å². The molecule has 4 saturated heterocycles. The number of hydrogen-bond donors (Lipinski definition) is 0. The van der Waals surface area contributed by atoms with Crippen molar-refractivity contribution in [1.82, 2.24) is 24.8 Å². The van der Waals surface area contributed by atoms with Gasteiger partial charge in [-0.15, -0.1) is 0 Å². The highest BCUT2D eigenvalue weighted by Crippen LogP contribution is 2.38. The molecule has 8 rings (SSSR count). The molecule has 1 spiro atoms. The number of halogens is 5. The van der Waals surface area contributed by atoms with E-state index < -0.39 is 29.2 Å². The molecule has 2 unspecified atom stereocenters. The van der Waals surface area contributed by atoms with Crippen molar-refractivity contribution >= 4 is 49.3 Å². The van der Waals surface area contributed by atoms with E-state index in [1.165, 1.54) is 44.4 Å². The Bertz CT molecular complexity index is 1920. The Balaban J connectivity index is 0.000000361. The molecule has 1 amide bonds. The molecule has 2 aromatic heterocycles. The molecule has 258 valence electrons. The van der Waals surface area contributed by atoms with Gasteiger partial charge in [0.15, 0.2) is 17.5 Å². The van der Waals surface area contributed by atoms with Gasteiger partial charge < -0.3 is 19.3 Å². The van der Waals surface area contributed by atoms with Crippen molar-refractivity contribution in [2.75, 3.05) is 63.3 Å². The second-order valence-electron chi connectivity index (χ2n) is 12.8. The van der Waals surface area contributed by atoms with Crippen LogP contribution >= 0.6 is 15.9 Å². The summed E-state index contributed by atoms with van der Waals surface area (Å²) in [7, 11) is 1.38. The number of allylic oxidation sites excluding steroid dienone is 1. The maximum atomic E-state index is 16.2. The van der Waals surface area contributed by atoms with Crippen molar-refractivity contribution < 1.29 is 31.8 Å². The highest BCUT2D eigenvalue weighted by Gasteiger charge is 2.50. The molecule has 0 aliphatic carbocycles. The third-order valence-electron chi connectivity index (χ3n) is 9.78. The summed E-state index contributed by atoms with van der Waals surface area (Å²) in [6, 6.07) is 7.73. The van der Waals surface area contributed by atoms with Crippen LogP contribution in [-0.4, -0.2) is 107 Å². The second kappa shape index (κ2) is 13.8. The normalized spacial score (nSPS) is 21.7. The monoisotopic (exact) mass is 742 g/mol. The van der Waals surface area contributed by atoms with Crippen molar-refractivity contribution in [1.29, 1.82) is 0 Å². The molecule has 0 bridgehead atoms. The first-order valence-electron chi connectivity index (χ1n) is 16.2. The lowest BCUT2D eigenvalue weighted by Crippen LogP contribution is -2.72. The molecule has 6 heterocycles. The number of amides is 1. The van der Waals surface area contributed by atoms with Gasteiger partial charge in [-0.05, 0) is 43.3 Å². The van der Waals surface area contributed by atoms with E-state index in [-0.39, 0.29) is 34.1 Å². The van der Waals surface area contributed by atoms with Crippen molar-refractivity contribution in [3.63, 3.8) is 0 Å². The molecule has 0 N–H and O–H groups in total. The van der Waals surface area contributed by atoms with E-state index in [1.54, 1.807) is 23.1 Å². The number of carbonyl (C=O) groups is 1. The number of rotatable bonds is 5. The predicted octanol–water partition coefficient (Wildman–Crippen LogP) is 5.83. The molecule has 49 heavy (non-hydrogen) atoms. The Morgan fingerprint density at radius 1 is 1.12 bits per heavy atom. The van der Waals surface area contributed by atoms with E-state index in [9.17, 15) is 18.0 Å². The van der Waals surface area contributed by atoms with E-state index in [2.05, 4.69) is 35.8 Å². The van der Waals surface area contributed by atoms with Gasteiger partial charge in [-0.2, -0.15) is 9.97 Å². The molecule has 2 atom stereocenters. The zero-order chi connectivity index (χ0) is 34.3. The molecule has 2 aromatic carbocycles. The summed E-state index contributed by atoms with van der Waals surface area (Å²) < 4.78 is 68.6. The summed E-state index contributed by atoms with van der Waals surface area (Å²) in [6.45, 7) is 3.79. The van der Waals surface area contributed by atoms with E-state index >= 15 is 4.39 Å². The average molecular weight is 744 g/mol. The van der Waals surface area contributed by atoms with Crippen LogP contribution in [0.1, 0.15) is 19.3 Å². The number of ether oxygens (including phenoxy) is 2. The van der Waals surface area contributed by atoms with Crippen LogP contribution in [0.25, 0.3) is 32.9 Å². The molecule has 0 saturated carbocycles. The highest BCUT2D eigenvalue weighted by molar-refractivity contribution is 9.09. The van der Waals surface area contributed by atoms with Crippen LogP contribution in [0.5, 0.6) is 6.01 Å². The maximum Gasteiger partial charge on any atom is 0.318 e. The summed E-state index contributed by atoms with van der Waals surface area (Å²) in [5, 5.41) is 1.22. The van der Waals surface area contributed by atoms with Gasteiger partial charge in [0.2, 0.25) is 5.91 Å². The van der Waals surface area contributed by atoms with Crippen LogP contribution in [0.4, 0.5) is 23.4 Å². The first kappa shape index (κ1) is 33.6. The molecule has 0 radical (unpaired) electrons. The van der Waals surface area contributed by atoms with Crippen LogP contribution in [0, 0.1) is 17.5 Å². The number of anilines is 1. The highest BCUT2D eigenvalue weighted by atomic mass is 79.9. The lowest BCUT2D eigenvalue weighted by atomic mass is 9.91. The van der Waals surface area contributed by atoms with E-state index in [0.29, 0.717) is 67.4 Å². The smallest absolute Gasteiger partial charge is 0.318 e. The van der Waals surface area contributed by atoms with Crippen molar-refractivity contribution in [2.45, 2.75) is 37.0 Å². The van der Waals surface area contributed by atoms with Gasteiger partial charge in [0.25, 0.3) is 0 Å². The number of benzene rings is 2. The van der Waals surface area contributed by atoms with Gasteiger partial charge in [0.1, 0.15) is 28.7 Å². The number of hydrogen-bond acceptors (Lipinski definition) is 8. The predicted molar refractivity (Wildman–Crippen MR) is 181 cm³/mol. The topological polar surface area (TPSA) is 83.9 Å². The van der Waals surface area contributed by atoms with Crippen LogP contribution in [0.15, 0.2) is 48.7 Å². The summed E-state index contributed by atoms with van der Waals surface area (Å²) in [6.07, 6.45) is 7.52. The molecular formula is C35H35BrF4N6O3. The first-order valence-corrected chi connectivity index (χ1v) is 17.4. The first-order chi connectivity index (χ1) is 23.7. The summed E-state index contributed by atoms with van der Waals surface area (Å²) in [5.74, 6) is -2.65. The van der Waals surface area contributed by atoms with E-state index in [1.807, 2.05) is 4.90 Å². The van der Waals surface area contributed by atoms with Gasteiger partial charge in [-0.25, -0.2) is 17.6 Å². The fourth-order valence-electron chi connectivity index (χ4n) is 7.40. The lowest BCUT2D eigenvalue weighted by Gasteiger charge is -2.55. The van der Waals surface area contributed by atoms with Gasteiger partial charge >= 0.3 is 6.01 Å². The van der Waals surface area contributed by atoms with Crippen LogP contribution in [0.2, 0.25) is 0 Å². The van der Waals surface area contributed by atoms with Crippen LogP contribution in [0.3, 0.4) is 0 Å². The van der Waals surface area contributed by atoms with Crippen molar-refractivity contribution in [2.24, 2.45) is 0 Å². The number of aromatic nitrogens is 3. The Morgan fingerprint density at radius 2 is 1.96 bits per heavy atom. The standard InChI is InChI=1S/C28H23BrF3N5O3.C7H12FN/c1-39-27-34-25-18(12-33-24(23(25)32)17-5-2-4-16-7-8-19(30)22(31)21(16)17)26(35-27)36-10-11-37(20(38)6-3-9-29)28(13-36)14-40-15-28;8-6-4-7-2-1-3-9(7)5-6/h2-8,12H,9-11,13-15H2,1H3;6-7H,1-5H2/b6-3+;. The maximum absolute atomic E-state index is 16.2. The fourth-order valence-corrected chi connectivity index (χ4v) is 7.58. The van der Waals surface area contributed by atoms with Crippen LogP contribution in [-0.2, 0) is 9.53 Å². The molecule has 4 aromatic rings. The summed E-state index contributed by atoms with van der Waals surface area (Å²) >= 11 is 3.29. The minimum atomic E-state index is -1.08. The minimum Gasteiger partial charge on any atom is -0.467 e. The van der Waals surface area contributed by atoms with Gasteiger partial charge in [-0.3, -0.25) is 14.7 Å². The molecule has 4 aliphatic rings. The molecule has 9 nitrogen and oxygen atoms in total. The largest absolute Gasteiger partial charge is 0.467 e. The Hall–Kier alpha value is -3.88. The Kier molecular flexibility index (Phi) is 9.46. The van der Waals surface area contributed by atoms with Crippen LogP contribution < -0.4 is 9.64 Å². The second-order valence-corrected chi connectivity index (χ2v) is 13.4. The van der Waals surface area contributed by atoms with E-state index in [0.717, 1.165) is 19.0 Å². The summed E-state index contributed by atoms with van der Waals surface area (Å²) in [4.78, 5) is 32.0. The number of alkyl halides is 2. The number of carbonyl (C=O) groups excluding carboxylic acids is 1.